The maximum Gasteiger partial charge on any atom is 0.0513 e. The molecule has 1 saturated heterocycles. The molecular weight excluding hydrogens is 304 g/mol. The maximum absolute atomic E-state index is 5.01. The Balaban J connectivity index is 1.95. The molecule has 1 aliphatic heterocycles. The predicted octanol–water partition coefficient (Wildman–Crippen LogP) is 4.55. The number of piperidine rings is 1. The highest BCUT2D eigenvalue weighted by atomic mass is 14.9. The van der Waals surface area contributed by atoms with E-state index in [-0.39, 0.29) is 0 Å². The van der Waals surface area contributed by atoms with Crippen molar-refractivity contribution >= 4 is 0 Å². The van der Waals surface area contributed by atoms with Gasteiger partial charge in [0.2, 0.25) is 0 Å². The Bertz CT molecular complexity index is 800. The molecule has 0 bridgehead atoms. The van der Waals surface area contributed by atoms with Gasteiger partial charge in [0.05, 0.1) is 5.69 Å². The number of pyridine rings is 1. The average Bonchev–Trinajstić information content (AvgIpc) is 2.77. The number of hydrogen-bond acceptors (Lipinski definition) is 2. The summed E-state index contributed by atoms with van der Waals surface area (Å²) in [6, 6.07) is 4.79. The summed E-state index contributed by atoms with van der Waals surface area (Å²) in [5, 5.41) is 3.54. The van der Waals surface area contributed by atoms with Gasteiger partial charge in [-0.25, -0.2) is 0 Å². The van der Waals surface area contributed by atoms with Crippen LogP contribution in [0.2, 0.25) is 0 Å². The summed E-state index contributed by atoms with van der Waals surface area (Å²) in [6.45, 7) is 11.4. The van der Waals surface area contributed by atoms with E-state index in [0.717, 1.165) is 25.9 Å². The minimum atomic E-state index is 0.467. The molecule has 25 heavy (non-hydrogen) atoms. The van der Waals surface area contributed by atoms with Gasteiger partial charge < -0.3 is 5.32 Å². The molecule has 0 radical (unpaired) electrons. The van der Waals surface area contributed by atoms with Gasteiger partial charge in [-0.2, -0.15) is 0 Å². The number of benzene rings is 1. The molecule has 0 spiro atoms. The fourth-order valence-electron chi connectivity index (χ4n) is 5.10. The zero-order valence-corrected chi connectivity index (χ0v) is 16.1. The van der Waals surface area contributed by atoms with Crippen molar-refractivity contribution in [1.82, 2.24) is 10.3 Å². The molecule has 1 aromatic heterocycles. The summed E-state index contributed by atoms with van der Waals surface area (Å²) >= 11 is 0. The molecule has 0 saturated carbocycles. The van der Waals surface area contributed by atoms with Crippen LogP contribution in [0.5, 0.6) is 0 Å². The van der Waals surface area contributed by atoms with Gasteiger partial charge in [0.25, 0.3) is 0 Å². The van der Waals surface area contributed by atoms with Crippen molar-refractivity contribution in [3.8, 4) is 0 Å². The summed E-state index contributed by atoms with van der Waals surface area (Å²) in [5.74, 6) is 1.17. The van der Waals surface area contributed by atoms with Crippen LogP contribution in [0.4, 0.5) is 0 Å². The van der Waals surface area contributed by atoms with E-state index in [1.807, 2.05) is 0 Å². The minimum Gasteiger partial charge on any atom is -0.317 e. The maximum atomic E-state index is 5.01. The molecule has 2 aromatic rings. The first kappa shape index (κ1) is 16.8. The second kappa shape index (κ2) is 6.57. The standard InChI is InChI=1S/C23H30N2/c1-14-11-19-5-6-20-17(4)15(2)12-16(3)21(20)22(23(19)25-13-14)18-7-9-24-10-8-18/h11-13,18,22,24H,5-10H2,1-4H3. The third-order valence-corrected chi connectivity index (χ3v) is 6.47. The molecule has 2 heterocycles. The number of fused-ring (bicyclic) bond motifs is 2. The lowest BCUT2D eigenvalue weighted by Gasteiger charge is -2.33. The Morgan fingerprint density at radius 3 is 2.48 bits per heavy atom. The molecule has 132 valence electrons. The molecule has 1 fully saturated rings. The van der Waals surface area contributed by atoms with Crippen molar-refractivity contribution in [3.05, 3.63) is 63.0 Å². The molecule has 1 N–H and O–H groups in total. The van der Waals surface area contributed by atoms with E-state index in [1.54, 1.807) is 11.1 Å². The van der Waals surface area contributed by atoms with E-state index in [1.165, 1.54) is 46.4 Å². The van der Waals surface area contributed by atoms with E-state index in [9.17, 15) is 0 Å². The number of hydrogen-bond donors (Lipinski definition) is 1. The summed E-state index contributed by atoms with van der Waals surface area (Å²) < 4.78 is 0. The third-order valence-electron chi connectivity index (χ3n) is 6.47. The summed E-state index contributed by atoms with van der Waals surface area (Å²) in [4.78, 5) is 5.01. The Morgan fingerprint density at radius 1 is 0.960 bits per heavy atom. The first-order chi connectivity index (χ1) is 12.1. The van der Waals surface area contributed by atoms with Crippen LogP contribution in [-0.2, 0) is 12.8 Å². The van der Waals surface area contributed by atoms with Crippen LogP contribution < -0.4 is 5.32 Å². The van der Waals surface area contributed by atoms with Gasteiger partial charge in [-0.05, 0) is 111 Å². The second-order valence-electron chi connectivity index (χ2n) is 8.15. The summed E-state index contributed by atoms with van der Waals surface area (Å²) in [5.41, 5.74) is 11.8. The van der Waals surface area contributed by atoms with Gasteiger partial charge in [0.1, 0.15) is 0 Å². The molecule has 1 unspecified atom stereocenters. The lowest BCUT2D eigenvalue weighted by Crippen LogP contribution is -2.32. The van der Waals surface area contributed by atoms with E-state index in [2.05, 4.69) is 51.3 Å². The highest BCUT2D eigenvalue weighted by Gasteiger charge is 2.34. The summed E-state index contributed by atoms with van der Waals surface area (Å²) in [7, 11) is 0. The Morgan fingerprint density at radius 2 is 1.72 bits per heavy atom. The van der Waals surface area contributed by atoms with Crippen LogP contribution in [-0.4, -0.2) is 18.1 Å². The molecule has 4 rings (SSSR count). The topological polar surface area (TPSA) is 24.9 Å². The van der Waals surface area contributed by atoms with E-state index < -0.39 is 0 Å². The Kier molecular flexibility index (Phi) is 4.41. The Hall–Kier alpha value is -1.67. The average molecular weight is 335 g/mol. The quantitative estimate of drug-likeness (QED) is 0.828. The van der Waals surface area contributed by atoms with Gasteiger partial charge in [-0.1, -0.05) is 12.1 Å². The molecule has 2 heteroatoms. The number of aryl methyl sites for hydroxylation is 4. The summed E-state index contributed by atoms with van der Waals surface area (Å²) in [6.07, 6.45) is 6.87. The predicted molar refractivity (Wildman–Crippen MR) is 104 cm³/mol. The monoisotopic (exact) mass is 334 g/mol. The molecule has 2 nitrogen and oxygen atoms in total. The highest BCUT2D eigenvalue weighted by Crippen LogP contribution is 2.44. The fraction of sp³-hybridized carbons (Fsp3) is 0.522. The van der Waals surface area contributed by atoms with Gasteiger partial charge in [0.15, 0.2) is 0 Å². The van der Waals surface area contributed by atoms with Crippen LogP contribution >= 0.6 is 0 Å². The van der Waals surface area contributed by atoms with Gasteiger partial charge in [0, 0.05) is 12.1 Å². The van der Waals surface area contributed by atoms with E-state index >= 15 is 0 Å². The fourth-order valence-corrected chi connectivity index (χ4v) is 5.10. The van der Waals surface area contributed by atoms with Gasteiger partial charge in [-0.15, -0.1) is 0 Å². The zero-order chi connectivity index (χ0) is 17.6. The molecule has 1 aliphatic carbocycles. The van der Waals surface area contributed by atoms with Crippen LogP contribution in [0.3, 0.4) is 0 Å². The van der Waals surface area contributed by atoms with Gasteiger partial charge >= 0.3 is 0 Å². The first-order valence-corrected chi connectivity index (χ1v) is 9.82. The first-order valence-electron chi connectivity index (χ1n) is 9.82. The lowest BCUT2D eigenvalue weighted by atomic mass is 9.74. The highest BCUT2D eigenvalue weighted by molar-refractivity contribution is 5.52. The Labute approximate surface area is 152 Å². The minimum absolute atomic E-state index is 0.467. The van der Waals surface area contributed by atoms with Crippen LogP contribution in [0.25, 0.3) is 0 Å². The third kappa shape index (κ3) is 2.91. The van der Waals surface area contributed by atoms with Crippen molar-refractivity contribution in [2.24, 2.45) is 5.92 Å². The van der Waals surface area contributed by atoms with Gasteiger partial charge in [-0.3, -0.25) is 4.98 Å². The molecule has 2 aliphatic rings. The van der Waals surface area contributed by atoms with Crippen molar-refractivity contribution in [1.29, 1.82) is 0 Å². The second-order valence-corrected chi connectivity index (χ2v) is 8.15. The van der Waals surface area contributed by atoms with Crippen molar-refractivity contribution in [2.45, 2.75) is 59.3 Å². The van der Waals surface area contributed by atoms with Crippen molar-refractivity contribution in [3.63, 3.8) is 0 Å². The number of nitrogens with zero attached hydrogens (tertiary/aromatic N) is 1. The number of aromatic nitrogens is 1. The van der Waals surface area contributed by atoms with Crippen LogP contribution in [0, 0.1) is 33.6 Å². The van der Waals surface area contributed by atoms with Crippen LogP contribution in [0.15, 0.2) is 18.3 Å². The largest absolute Gasteiger partial charge is 0.317 e. The molecular formula is C23H30N2. The van der Waals surface area contributed by atoms with Crippen molar-refractivity contribution < 1.29 is 0 Å². The molecule has 0 amide bonds. The number of nitrogens with one attached hydrogen (secondary N) is 1. The zero-order valence-electron chi connectivity index (χ0n) is 16.1. The lowest BCUT2D eigenvalue weighted by molar-refractivity contribution is 0.338. The van der Waals surface area contributed by atoms with Crippen molar-refractivity contribution in [2.75, 3.05) is 13.1 Å². The SMILES string of the molecule is Cc1cnc2c(c1)CCc1c(C)c(C)cc(C)c1C2C1CCNCC1. The normalized spacial score (nSPS) is 20.7. The smallest absolute Gasteiger partial charge is 0.0513 e. The van der Waals surface area contributed by atoms with E-state index in [4.69, 9.17) is 4.98 Å². The molecule has 1 atom stereocenters. The van der Waals surface area contributed by atoms with E-state index in [0.29, 0.717) is 11.8 Å². The van der Waals surface area contributed by atoms with Crippen LogP contribution in [0.1, 0.15) is 63.4 Å². The molecule has 1 aromatic carbocycles. The number of rotatable bonds is 1.